The van der Waals surface area contributed by atoms with Gasteiger partial charge in [-0.2, -0.15) is 0 Å². The van der Waals surface area contributed by atoms with E-state index in [2.05, 4.69) is 23.4 Å². The monoisotopic (exact) mass is 165 g/mol. The van der Waals surface area contributed by atoms with Crippen LogP contribution in [-0.2, 0) is 0 Å². The minimum Gasteiger partial charge on any atom is -0.411 e. The summed E-state index contributed by atoms with van der Waals surface area (Å²) in [7, 11) is 0. The molecule has 66 valence electrons. The molecule has 2 heteroatoms. The first kappa shape index (κ1) is 9.04. The molecule has 0 fully saturated rings. The molecule has 0 aliphatic heterocycles. The van der Waals surface area contributed by atoms with E-state index in [0.717, 1.165) is 6.42 Å². The normalized spacial score (nSPS) is 25.1. The first-order valence-electron chi connectivity index (χ1n) is 4.35. The number of oxime groups is 1. The number of hydrogen-bond donors (Lipinski definition) is 1. The Kier molecular flexibility index (Phi) is 3.58. The Morgan fingerprint density at radius 3 is 3.00 bits per heavy atom. The maximum Gasteiger partial charge on any atom is 0.0761 e. The van der Waals surface area contributed by atoms with E-state index in [4.69, 9.17) is 5.21 Å². The number of nitrogens with zero attached hydrogens (tertiary/aromatic N) is 1. The summed E-state index contributed by atoms with van der Waals surface area (Å²) in [5, 5.41) is 11.5. The Bertz CT molecular complexity index is 216. The van der Waals surface area contributed by atoms with Crippen LogP contribution in [0.15, 0.2) is 29.5 Å². The molecule has 0 aromatic heterocycles. The Morgan fingerprint density at radius 2 is 2.42 bits per heavy atom. The summed E-state index contributed by atoms with van der Waals surface area (Å²) in [6.45, 7) is 1.79. The van der Waals surface area contributed by atoms with Gasteiger partial charge < -0.3 is 5.21 Å². The minimum atomic E-state index is 0.631. The van der Waals surface area contributed by atoms with Gasteiger partial charge in [0.2, 0.25) is 0 Å². The summed E-state index contributed by atoms with van der Waals surface area (Å²) >= 11 is 0. The van der Waals surface area contributed by atoms with Crippen molar-refractivity contribution >= 4 is 5.71 Å². The molecule has 0 spiro atoms. The average Bonchev–Trinajstić information content (AvgIpc) is 2.16. The van der Waals surface area contributed by atoms with Crippen molar-refractivity contribution in [1.29, 1.82) is 0 Å². The zero-order valence-corrected chi connectivity index (χ0v) is 7.40. The molecule has 1 rings (SSSR count). The molecule has 0 saturated heterocycles. The first-order chi connectivity index (χ1) is 5.83. The van der Waals surface area contributed by atoms with Crippen LogP contribution in [-0.4, -0.2) is 10.9 Å². The highest BCUT2D eigenvalue weighted by Gasteiger charge is 2.04. The SMILES string of the molecule is CC(/C=C/C1CC=CCC1)=N\O. The highest BCUT2D eigenvalue weighted by atomic mass is 16.4. The van der Waals surface area contributed by atoms with Crippen LogP contribution in [0.2, 0.25) is 0 Å². The van der Waals surface area contributed by atoms with Crippen LogP contribution in [0.25, 0.3) is 0 Å². The predicted octanol–water partition coefficient (Wildman–Crippen LogP) is 2.75. The van der Waals surface area contributed by atoms with Crippen molar-refractivity contribution in [3.8, 4) is 0 Å². The van der Waals surface area contributed by atoms with E-state index < -0.39 is 0 Å². The lowest BCUT2D eigenvalue weighted by molar-refractivity contribution is 0.319. The quantitative estimate of drug-likeness (QED) is 0.290. The molecule has 0 aromatic rings. The molecule has 0 aromatic carbocycles. The second kappa shape index (κ2) is 4.75. The maximum atomic E-state index is 8.39. The topological polar surface area (TPSA) is 32.6 Å². The zero-order valence-electron chi connectivity index (χ0n) is 7.40. The summed E-state index contributed by atoms with van der Waals surface area (Å²) in [6.07, 6.45) is 11.9. The zero-order chi connectivity index (χ0) is 8.81. The fourth-order valence-corrected chi connectivity index (χ4v) is 1.30. The summed E-state index contributed by atoms with van der Waals surface area (Å²) in [5.41, 5.74) is 0.671. The standard InChI is InChI=1S/C10H15NO/c1-9(11-12)7-8-10-5-3-2-4-6-10/h2-3,7-8,10,12H,4-6H2,1H3/b8-7+,11-9+. The first-order valence-corrected chi connectivity index (χ1v) is 4.35. The molecule has 1 aliphatic carbocycles. The van der Waals surface area contributed by atoms with E-state index in [1.807, 2.05) is 6.08 Å². The Hall–Kier alpha value is -1.05. The lowest BCUT2D eigenvalue weighted by Gasteiger charge is -2.12. The molecular formula is C10H15NO. The van der Waals surface area contributed by atoms with Crippen LogP contribution in [0.5, 0.6) is 0 Å². The van der Waals surface area contributed by atoms with Crippen LogP contribution in [0.1, 0.15) is 26.2 Å². The summed E-state index contributed by atoms with van der Waals surface area (Å²) in [5.74, 6) is 0.631. The van der Waals surface area contributed by atoms with E-state index in [0.29, 0.717) is 11.6 Å². The van der Waals surface area contributed by atoms with Crippen molar-refractivity contribution in [2.24, 2.45) is 11.1 Å². The highest BCUT2D eigenvalue weighted by Crippen LogP contribution is 2.18. The smallest absolute Gasteiger partial charge is 0.0761 e. The second-order valence-electron chi connectivity index (χ2n) is 3.15. The maximum absolute atomic E-state index is 8.39. The molecule has 2 nitrogen and oxygen atoms in total. The van der Waals surface area contributed by atoms with Gasteiger partial charge in [-0.15, -0.1) is 0 Å². The van der Waals surface area contributed by atoms with Crippen molar-refractivity contribution in [2.45, 2.75) is 26.2 Å². The third-order valence-electron chi connectivity index (χ3n) is 2.08. The molecule has 1 unspecified atom stereocenters. The summed E-state index contributed by atoms with van der Waals surface area (Å²) in [6, 6.07) is 0. The molecule has 0 heterocycles. The predicted molar refractivity (Wildman–Crippen MR) is 50.5 cm³/mol. The van der Waals surface area contributed by atoms with Crippen LogP contribution < -0.4 is 0 Å². The Labute approximate surface area is 73.3 Å². The van der Waals surface area contributed by atoms with Gasteiger partial charge in [-0.1, -0.05) is 23.4 Å². The molecule has 0 saturated carbocycles. The van der Waals surface area contributed by atoms with Gasteiger partial charge in [0.15, 0.2) is 0 Å². The fourth-order valence-electron chi connectivity index (χ4n) is 1.30. The molecule has 1 atom stereocenters. The van der Waals surface area contributed by atoms with E-state index >= 15 is 0 Å². The third-order valence-corrected chi connectivity index (χ3v) is 2.08. The Morgan fingerprint density at radius 1 is 1.58 bits per heavy atom. The molecule has 12 heavy (non-hydrogen) atoms. The van der Waals surface area contributed by atoms with Crippen molar-refractivity contribution < 1.29 is 5.21 Å². The van der Waals surface area contributed by atoms with E-state index in [-0.39, 0.29) is 0 Å². The third kappa shape index (κ3) is 2.91. The van der Waals surface area contributed by atoms with Gasteiger partial charge in [0.25, 0.3) is 0 Å². The molecular weight excluding hydrogens is 150 g/mol. The van der Waals surface area contributed by atoms with Gasteiger partial charge in [0.1, 0.15) is 0 Å². The molecule has 0 bridgehead atoms. The van der Waals surface area contributed by atoms with Gasteiger partial charge in [-0.3, -0.25) is 0 Å². The van der Waals surface area contributed by atoms with Crippen LogP contribution in [0, 0.1) is 5.92 Å². The number of hydrogen-bond acceptors (Lipinski definition) is 2. The highest BCUT2D eigenvalue weighted by molar-refractivity contribution is 5.92. The number of rotatable bonds is 2. The van der Waals surface area contributed by atoms with Gasteiger partial charge >= 0.3 is 0 Å². The summed E-state index contributed by atoms with van der Waals surface area (Å²) < 4.78 is 0. The summed E-state index contributed by atoms with van der Waals surface area (Å²) in [4.78, 5) is 0. The van der Waals surface area contributed by atoms with Gasteiger partial charge in [0, 0.05) is 0 Å². The lowest BCUT2D eigenvalue weighted by Crippen LogP contribution is -1.99. The van der Waals surface area contributed by atoms with E-state index in [1.54, 1.807) is 6.92 Å². The van der Waals surface area contributed by atoms with E-state index in [1.165, 1.54) is 12.8 Å². The lowest BCUT2D eigenvalue weighted by atomic mass is 9.94. The fraction of sp³-hybridized carbons (Fsp3) is 0.500. The van der Waals surface area contributed by atoms with Gasteiger partial charge in [-0.05, 0) is 38.2 Å². The number of allylic oxidation sites excluding steroid dienone is 4. The van der Waals surface area contributed by atoms with E-state index in [9.17, 15) is 0 Å². The minimum absolute atomic E-state index is 0.631. The average molecular weight is 165 g/mol. The van der Waals surface area contributed by atoms with Crippen LogP contribution in [0.4, 0.5) is 0 Å². The molecule has 1 aliphatic rings. The van der Waals surface area contributed by atoms with Crippen LogP contribution >= 0.6 is 0 Å². The second-order valence-corrected chi connectivity index (χ2v) is 3.15. The van der Waals surface area contributed by atoms with Crippen molar-refractivity contribution in [1.82, 2.24) is 0 Å². The van der Waals surface area contributed by atoms with Crippen molar-refractivity contribution in [3.63, 3.8) is 0 Å². The van der Waals surface area contributed by atoms with Crippen molar-refractivity contribution in [3.05, 3.63) is 24.3 Å². The Balaban J connectivity index is 2.40. The van der Waals surface area contributed by atoms with Gasteiger partial charge in [0.05, 0.1) is 5.71 Å². The van der Waals surface area contributed by atoms with Crippen LogP contribution in [0.3, 0.4) is 0 Å². The molecule has 1 N–H and O–H groups in total. The molecule has 0 radical (unpaired) electrons. The van der Waals surface area contributed by atoms with Gasteiger partial charge in [-0.25, -0.2) is 0 Å². The van der Waals surface area contributed by atoms with Crippen molar-refractivity contribution in [2.75, 3.05) is 0 Å². The largest absolute Gasteiger partial charge is 0.411 e. The molecule has 0 amide bonds.